The number of hydrogen-bond acceptors (Lipinski definition) is 11. The molecule has 2 N–H and O–H groups in total. The van der Waals surface area contributed by atoms with Gasteiger partial charge in [-0.15, -0.1) is 10.2 Å². The van der Waals surface area contributed by atoms with Crippen molar-refractivity contribution >= 4 is 21.9 Å². The van der Waals surface area contributed by atoms with Crippen molar-refractivity contribution in [2.75, 3.05) is 43.5 Å². The van der Waals surface area contributed by atoms with Gasteiger partial charge in [0.25, 0.3) is 0 Å². The van der Waals surface area contributed by atoms with E-state index < -0.39 is 33.3 Å². The summed E-state index contributed by atoms with van der Waals surface area (Å²) in [4.78, 5) is 9.35. The van der Waals surface area contributed by atoms with Crippen molar-refractivity contribution < 1.29 is 32.1 Å². The van der Waals surface area contributed by atoms with E-state index in [9.17, 15) is 17.9 Å². The number of ether oxygens (including phenoxy) is 3. The van der Waals surface area contributed by atoms with Crippen LogP contribution in [-0.4, -0.2) is 83.5 Å². The van der Waals surface area contributed by atoms with Gasteiger partial charge in [0.2, 0.25) is 21.9 Å². The number of rotatable bonds is 8. The molecule has 13 nitrogen and oxygen atoms in total. The molecule has 2 aromatic heterocycles. The van der Waals surface area contributed by atoms with Crippen molar-refractivity contribution in [3.8, 4) is 17.2 Å². The van der Waals surface area contributed by atoms with Crippen molar-refractivity contribution in [1.29, 1.82) is 0 Å². The number of para-hydroxylation sites is 1. The number of benzene rings is 1. The summed E-state index contributed by atoms with van der Waals surface area (Å²) in [6.07, 6.45) is 2.07. The SMILES string of the molecule is COc1cccc(OC)c1-n1c(NS(=O)(=O)C2CC(O)CN(c3ncc(F)cn3)C2)nnc1[C@@H]1CCCO1. The Hall–Kier alpha value is -3.56. The molecule has 1 aromatic carbocycles. The Morgan fingerprint density at radius 1 is 1.13 bits per heavy atom. The number of aliphatic hydroxyl groups is 1. The molecule has 3 atom stereocenters. The average Bonchev–Trinajstić information content (AvgIpc) is 3.58. The van der Waals surface area contributed by atoms with E-state index in [1.165, 1.54) is 23.7 Å². The molecule has 2 unspecified atom stereocenters. The van der Waals surface area contributed by atoms with Crippen LogP contribution in [0.1, 0.15) is 31.2 Å². The second kappa shape index (κ2) is 10.7. The van der Waals surface area contributed by atoms with Crippen molar-refractivity contribution in [2.45, 2.75) is 36.7 Å². The number of piperidine rings is 1. The summed E-state index contributed by atoms with van der Waals surface area (Å²) in [5, 5.41) is 17.8. The van der Waals surface area contributed by atoms with E-state index in [4.69, 9.17) is 14.2 Å². The molecule has 2 saturated heterocycles. The molecule has 15 heteroatoms. The smallest absolute Gasteiger partial charge is 0.243 e. The minimum absolute atomic E-state index is 0.0251. The van der Waals surface area contributed by atoms with Crippen LogP contribution in [-0.2, 0) is 14.8 Å². The first kappa shape index (κ1) is 26.1. The van der Waals surface area contributed by atoms with Crippen LogP contribution in [0.5, 0.6) is 11.5 Å². The fourth-order valence-electron chi connectivity index (χ4n) is 4.72. The van der Waals surface area contributed by atoms with Gasteiger partial charge in [0.1, 0.15) is 28.5 Å². The fraction of sp³-hybridized carbons (Fsp3) is 0.478. The lowest BCUT2D eigenvalue weighted by molar-refractivity contribution is 0.103. The van der Waals surface area contributed by atoms with Crippen LogP contribution in [0, 0.1) is 5.82 Å². The second-order valence-electron chi connectivity index (χ2n) is 8.99. The zero-order chi connectivity index (χ0) is 26.9. The van der Waals surface area contributed by atoms with Crippen LogP contribution in [0.15, 0.2) is 30.6 Å². The van der Waals surface area contributed by atoms with Gasteiger partial charge in [-0.25, -0.2) is 22.8 Å². The third-order valence-corrected chi connectivity index (χ3v) is 8.17. The Morgan fingerprint density at radius 3 is 2.47 bits per heavy atom. The maximum Gasteiger partial charge on any atom is 0.243 e. The zero-order valence-corrected chi connectivity index (χ0v) is 21.6. The highest BCUT2D eigenvalue weighted by Crippen LogP contribution is 2.39. The summed E-state index contributed by atoms with van der Waals surface area (Å²) in [5.41, 5.74) is 0.413. The lowest BCUT2D eigenvalue weighted by Crippen LogP contribution is -2.50. The molecule has 4 heterocycles. The highest BCUT2D eigenvalue weighted by Gasteiger charge is 2.38. The number of β-amino-alcohol motifs (C(OH)–C–C–N with tert-alkyl or cyclic N) is 1. The normalized spacial score (nSPS) is 21.9. The Morgan fingerprint density at radius 2 is 1.84 bits per heavy atom. The summed E-state index contributed by atoms with van der Waals surface area (Å²) in [6.45, 7) is 0.626. The van der Waals surface area contributed by atoms with Gasteiger partial charge in [-0.05, 0) is 31.4 Å². The summed E-state index contributed by atoms with van der Waals surface area (Å²) in [5.74, 6) is 0.641. The van der Waals surface area contributed by atoms with Gasteiger partial charge < -0.3 is 24.2 Å². The molecule has 0 bridgehead atoms. The van der Waals surface area contributed by atoms with Crippen molar-refractivity contribution in [3.05, 3.63) is 42.2 Å². The molecule has 0 spiro atoms. The quantitative estimate of drug-likeness (QED) is 0.420. The molecular weight excluding hydrogens is 521 g/mol. The fourth-order valence-corrected chi connectivity index (χ4v) is 6.12. The average molecular weight is 550 g/mol. The van der Waals surface area contributed by atoms with E-state index in [0.717, 1.165) is 18.8 Å². The standard InChI is InChI=1S/C23H28FN7O6S/c1-35-17-5-3-6-18(36-2)20(17)31-21(19-7-4-8-37-19)27-28-23(31)29-38(33,34)16-9-15(32)12-30(13-16)22-25-10-14(24)11-26-22/h3,5-6,10-11,15-16,19,32H,4,7-9,12-13H2,1-2H3,(H,28,29)/t15?,16?,19-/m0/s1. The van der Waals surface area contributed by atoms with Crippen LogP contribution in [0.25, 0.3) is 5.69 Å². The highest BCUT2D eigenvalue weighted by molar-refractivity contribution is 7.93. The molecule has 0 radical (unpaired) electrons. The topological polar surface area (TPSA) is 154 Å². The molecule has 0 saturated carbocycles. The number of nitrogens with zero attached hydrogens (tertiary/aromatic N) is 6. The summed E-state index contributed by atoms with van der Waals surface area (Å²) < 4.78 is 61.6. The lowest BCUT2D eigenvalue weighted by Gasteiger charge is -2.35. The number of sulfonamides is 1. The van der Waals surface area contributed by atoms with E-state index in [0.29, 0.717) is 36.0 Å². The molecular formula is C23H28FN7O6S. The van der Waals surface area contributed by atoms with Crippen LogP contribution < -0.4 is 19.1 Å². The van der Waals surface area contributed by atoms with Gasteiger partial charge >= 0.3 is 0 Å². The predicted octanol–water partition coefficient (Wildman–Crippen LogP) is 1.45. The van der Waals surface area contributed by atoms with E-state index in [2.05, 4.69) is 24.9 Å². The first-order valence-corrected chi connectivity index (χ1v) is 13.6. The molecule has 2 aliphatic rings. The number of aromatic nitrogens is 5. The molecule has 2 fully saturated rings. The highest BCUT2D eigenvalue weighted by atomic mass is 32.2. The van der Waals surface area contributed by atoms with Crippen LogP contribution >= 0.6 is 0 Å². The number of anilines is 2. The number of nitrogens with one attached hydrogen (secondary N) is 1. The third kappa shape index (κ3) is 5.08. The monoisotopic (exact) mass is 549 g/mol. The summed E-state index contributed by atoms with van der Waals surface area (Å²) in [7, 11) is -1.14. The Bertz CT molecular complexity index is 1360. The minimum Gasteiger partial charge on any atom is -0.494 e. The molecule has 204 valence electrons. The molecule has 2 aliphatic heterocycles. The minimum atomic E-state index is -4.13. The maximum absolute atomic E-state index is 13.6. The lowest BCUT2D eigenvalue weighted by atomic mass is 10.1. The Labute approximate surface area is 218 Å². The number of methoxy groups -OCH3 is 2. The van der Waals surface area contributed by atoms with Gasteiger partial charge in [-0.3, -0.25) is 9.29 Å². The van der Waals surface area contributed by atoms with E-state index in [1.54, 1.807) is 18.2 Å². The van der Waals surface area contributed by atoms with Gasteiger partial charge in [0, 0.05) is 19.7 Å². The van der Waals surface area contributed by atoms with Crippen LogP contribution in [0.3, 0.4) is 0 Å². The van der Waals surface area contributed by atoms with Gasteiger partial charge in [0.15, 0.2) is 11.6 Å². The van der Waals surface area contributed by atoms with E-state index in [-0.39, 0.29) is 31.4 Å². The number of halogens is 1. The molecule has 0 aliphatic carbocycles. The third-order valence-electron chi connectivity index (χ3n) is 6.48. The predicted molar refractivity (Wildman–Crippen MR) is 134 cm³/mol. The van der Waals surface area contributed by atoms with Gasteiger partial charge in [-0.1, -0.05) is 6.07 Å². The first-order chi connectivity index (χ1) is 18.3. The van der Waals surface area contributed by atoms with Crippen molar-refractivity contribution in [3.63, 3.8) is 0 Å². The van der Waals surface area contributed by atoms with Crippen LogP contribution in [0.2, 0.25) is 0 Å². The van der Waals surface area contributed by atoms with Crippen LogP contribution in [0.4, 0.5) is 16.3 Å². The second-order valence-corrected chi connectivity index (χ2v) is 11.0. The number of hydrogen-bond donors (Lipinski definition) is 2. The van der Waals surface area contributed by atoms with Crippen molar-refractivity contribution in [2.24, 2.45) is 0 Å². The maximum atomic E-state index is 13.6. The molecule has 38 heavy (non-hydrogen) atoms. The van der Waals surface area contributed by atoms with Gasteiger partial charge in [0.05, 0.1) is 32.7 Å². The Kier molecular flexibility index (Phi) is 7.32. The molecule has 0 amide bonds. The van der Waals surface area contributed by atoms with E-state index >= 15 is 0 Å². The zero-order valence-electron chi connectivity index (χ0n) is 20.8. The largest absolute Gasteiger partial charge is 0.494 e. The van der Waals surface area contributed by atoms with E-state index in [1.807, 2.05) is 0 Å². The summed E-state index contributed by atoms with van der Waals surface area (Å²) >= 11 is 0. The van der Waals surface area contributed by atoms with Gasteiger partial charge in [-0.2, -0.15) is 0 Å². The Balaban J connectivity index is 1.51. The van der Waals surface area contributed by atoms with Crippen molar-refractivity contribution in [1.82, 2.24) is 24.7 Å². The summed E-state index contributed by atoms with van der Waals surface area (Å²) in [6, 6.07) is 5.18. The first-order valence-electron chi connectivity index (χ1n) is 12.0. The molecule has 5 rings (SSSR count). The number of aliphatic hydroxyl groups excluding tert-OH is 1. The molecule has 3 aromatic rings.